The van der Waals surface area contributed by atoms with Crippen LogP contribution < -0.4 is 0 Å². The first-order valence-electron chi connectivity index (χ1n) is 1.03. The predicted molar refractivity (Wildman–Crippen MR) is 33.4 cm³/mol. The van der Waals surface area contributed by atoms with Gasteiger partial charge in [0.15, 0.2) is 17.4 Å². The molecule has 5 nitrogen and oxygen atoms in total. The first kappa shape index (κ1) is 23.4. The number of hydrogen-bond donors (Lipinski definition) is 3. The van der Waals surface area contributed by atoms with E-state index in [0.29, 0.717) is 0 Å². The van der Waals surface area contributed by atoms with Crippen molar-refractivity contribution in [2.45, 2.75) is 0 Å². The molecule has 0 aromatic heterocycles. The standard InChI is InChI=1S/2Al.BH3O3.N.H2O.3H/c;;2-1(3)4;;;;;/h;;2-4H;;1H2;;;. The minimum absolute atomic E-state index is 0. The zero-order valence-corrected chi connectivity index (χ0v) is 4.60. The maximum absolute atomic E-state index is 7.17. The van der Waals surface area contributed by atoms with Crippen molar-refractivity contribution < 1.29 is 20.5 Å². The molecule has 0 aromatic rings. The van der Waals surface area contributed by atoms with E-state index >= 15 is 0 Å². The van der Waals surface area contributed by atoms with Crippen LogP contribution in [0.5, 0.6) is 0 Å². The van der Waals surface area contributed by atoms with Gasteiger partial charge in [0, 0.05) is 0 Å². The van der Waals surface area contributed by atoms with E-state index in [2.05, 4.69) is 0 Å². The third-order valence-corrected chi connectivity index (χ3v) is 0. The molecule has 0 atom stereocenters. The van der Waals surface area contributed by atoms with E-state index in [1.165, 1.54) is 15.9 Å². The van der Waals surface area contributed by atoms with Crippen LogP contribution in [0.2, 0.25) is 0 Å². The van der Waals surface area contributed by atoms with Gasteiger partial charge in [-0.1, -0.05) is 0 Å². The Morgan fingerprint density at radius 1 is 1.12 bits per heavy atom. The Labute approximate surface area is 65.6 Å². The summed E-state index contributed by atoms with van der Waals surface area (Å²) in [5, 5.41) is 21.5. The van der Waals surface area contributed by atoms with Crippen LogP contribution in [-0.4, -0.2) is 61.2 Å². The van der Waals surface area contributed by atoms with Gasteiger partial charge in [-0.15, -0.1) is 0 Å². The van der Waals surface area contributed by atoms with E-state index in [0.717, 1.165) is 0 Å². The Hall–Kier alpha value is 0.680. The fraction of sp³-hybridized carbons (Fsp3) is 0. The molecule has 0 spiro atoms. The second kappa shape index (κ2) is 25.3. The maximum atomic E-state index is 7.17. The van der Waals surface area contributed by atoms with Gasteiger partial charge in [0.05, 0.1) is 0 Å². The fourth-order valence-corrected chi connectivity index (χ4v) is 0. The molecular formula is H8Al2BNO4. The first-order chi connectivity index (χ1) is 2.73. The van der Waals surface area contributed by atoms with Gasteiger partial charge in [-0.25, -0.2) is 0 Å². The van der Waals surface area contributed by atoms with Crippen LogP contribution in [-0.2, 0) is 0 Å². The molecule has 0 fully saturated rings. The summed E-state index contributed by atoms with van der Waals surface area (Å²) in [6, 6.07) is 0. The van der Waals surface area contributed by atoms with Crippen molar-refractivity contribution in [1.82, 2.24) is 0 Å². The first-order valence-corrected chi connectivity index (χ1v) is 1.55. The Balaban J connectivity index is -0.0000000183. The SMILES string of the molecule is O.OB(O)O.[AlH3].[N]#[Al]. The quantitative estimate of drug-likeness (QED) is 0.303. The Bertz CT molecular complexity index is 35.5. The molecule has 0 unspecified atom stereocenters. The van der Waals surface area contributed by atoms with Crippen LogP contribution in [0, 0.1) is 4.17 Å². The van der Waals surface area contributed by atoms with E-state index in [-0.39, 0.29) is 22.8 Å². The van der Waals surface area contributed by atoms with Crippen molar-refractivity contribution in [2.75, 3.05) is 0 Å². The van der Waals surface area contributed by atoms with Gasteiger partial charge in [0.2, 0.25) is 0 Å². The van der Waals surface area contributed by atoms with E-state index in [9.17, 15) is 0 Å². The van der Waals surface area contributed by atoms with Crippen molar-refractivity contribution in [2.24, 2.45) is 0 Å². The minimum atomic E-state index is -2.17. The monoisotopic (exact) mass is 151 g/mol. The molecule has 0 aliphatic heterocycles. The van der Waals surface area contributed by atoms with Gasteiger partial charge >= 0.3 is 27.4 Å². The summed E-state index contributed by atoms with van der Waals surface area (Å²) < 4.78 is 6.92. The normalized spacial score (nSPS) is 4.00. The fourth-order valence-electron chi connectivity index (χ4n) is 0. The summed E-state index contributed by atoms with van der Waals surface area (Å²) in [5.41, 5.74) is 0. The molecule has 8 heteroatoms. The summed E-state index contributed by atoms with van der Waals surface area (Å²) in [5.74, 6) is 0. The van der Waals surface area contributed by atoms with Crippen molar-refractivity contribution in [1.29, 1.82) is 4.17 Å². The zero-order chi connectivity index (χ0) is 5.58. The van der Waals surface area contributed by atoms with Gasteiger partial charge in [-0.3, -0.25) is 0 Å². The molecule has 0 rings (SSSR count). The molecule has 5 N–H and O–H groups in total. The molecule has 0 aromatic carbocycles. The van der Waals surface area contributed by atoms with Crippen LogP contribution in [0.25, 0.3) is 0 Å². The molecule has 0 bridgehead atoms. The summed E-state index contributed by atoms with van der Waals surface area (Å²) in [7, 11) is -2.17. The topological polar surface area (TPSA) is 116 Å². The van der Waals surface area contributed by atoms with E-state index in [1.807, 2.05) is 0 Å². The van der Waals surface area contributed by atoms with Crippen molar-refractivity contribution >= 4 is 40.6 Å². The zero-order valence-electron chi connectivity index (χ0n) is 3.44. The molecule has 8 heavy (non-hydrogen) atoms. The molecule has 0 aliphatic carbocycles. The Kier molecular flexibility index (Phi) is 73.9. The molecular weight excluding hydrogens is 143 g/mol. The third-order valence-electron chi connectivity index (χ3n) is 0. The van der Waals surface area contributed by atoms with Crippen LogP contribution in [0.3, 0.4) is 0 Å². The molecule has 0 saturated carbocycles. The molecule has 0 amide bonds. The van der Waals surface area contributed by atoms with Crippen LogP contribution in [0.15, 0.2) is 0 Å². The van der Waals surface area contributed by atoms with Gasteiger partial charge in [0.25, 0.3) is 0 Å². The van der Waals surface area contributed by atoms with E-state index in [1.54, 1.807) is 0 Å². The van der Waals surface area contributed by atoms with Crippen LogP contribution >= 0.6 is 0 Å². The number of rotatable bonds is 0. The average molecular weight is 151 g/mol. The molecule has 0 radical (unpaired) electrons. The summed E-state index contributed by atoms with van der Waals surface area (Å²) >= 11 is 1.42. The van der Waals surface area contributed by atoms with Gasteiger partial charge < -0.3 is 20.5 Å². The summed E-state index contributed by atoms with van der Waals surface area (Å²) in [6.45, 7) is 0. The van der Waals surface area contributed by atoms with Gasteiger partial charge in [-0.05, 0) is 0 Å². The predicted octanol–water partition coefficient (Wildman–Crippen LogP) is -4.43. The third kappa shape index (κ3) is 466. The number of nitrogens with zero attached hydrogens (tertiary/aromatic N) is 1. The van der Waals surface area contributed by atoms with Crippen LogP contribution in [0.4, 0.5) is 0 Å². The van der Waals surface area contributed by atoms with Crippen LogP contribution in [0.1, 0.15) is 0 Å². The van der Waals surface area contributed by atoms with E-state index in [4.69, 9.17) is 19.2 Å². The molecule has 0 aliphatic rings. The van der Waals surface area contributed by atoms with Crippen molar-refractivity contribution in [3.05, 3.63) is 0 Å². The average Bonchev–Trinajstić information content (AvgIpc) is 1.41. The van der Waals surface area contributed by atoms with Crippen molar-refractivity contribution in [3.8, 4) is 0 Å². The number of hydrogen-bond acceptors (Lipinski definition) is 4. The molecule has 0 heterocycles. The summed E-state index contributed by atoms with van der Waals surface area (Å²) in [4.78, 5) is 0. The molecule has 0 saturated heterocycles. The van der Waals surface area contributed by atoms with Gasteiger partial charge in [-0.2, -0.15) is 0 Å². The van der Waals surface area contributed by atoms with E-state index < -0.39 is 7.32 Å². The van der Waals surface area contributed by atoms with Gasteiger partial charge in [0.1, 0.15) is 0 Å². The second-order valence-corrected chi connectivity index (χ2v) is 0.346. The Morgan fingerprint density at radius 3 is 1.12 bits per heavy atom. The molecule has 46 valence electrons. The Morgan fingerprint density at radius 2 is 1.12 bits per heavy atom. The second-order valence-electron chi connectivity index (χ2n) is 0.346. The summed E-state index contributed by atoms with van der Waals surface area (Å²) in [6.07, 6.45) is 0. The van der Waals surface area contributed by atoms with Crippen molar-refractivity contribution in [3.63, 3.8) is 0 Å².